The molecule has 0 unspecified atom stereocenters. The Kier molecular flexibility index (Phi) is 8.28. The first kappa shape index (κ1) is 30.8. The largest absolute Gasteiger partial charge is 0.465 e. The standard InChI is InChI=1S/C32H34F3N5O4/c1-31(2,3)44-30(43)40-17-13-22(14-18-40)25-10-9-24(19-26(25)32(33,34)35)28-37-36-27(38(28)4)23-7-5-20(6-8-23)21-11-15-39(16-12-21)29(41)42/h5-11,13,19H,12,14-18H2,1-4H3,(H,41,42). The van der Waals surface area contributed by atoms with Crippen molar-refractivity contribution in [3.05, 3.63) is 71.3 Å². The summed E-state index contributed by atoms with van der Waals surface area (Å²) >= 11 is 0. The van der Waals surface area contributed by atoms with E-state index in [0.717, 1.165) is 22.8 Å². The quantitative estimate of drug-likeness (QED) is 0.343. The summed E-state index contributed by atoms with van der Waals surface area (Å²) in [6, 6.07) is 11.7. The number of benzene rings is 2. The van der Waals surface area contributed by atoms with Gasteiger partial charge in [-0.2, -0.15) is 13.2 Å². The molecular weight excluding hydrogens is 575 g/mol. The number of amides is 2. The molecule has 1 N–H and O–H groups in total. The molecule has 2 aromatic carbocycles. The second kappa shape index (κ2) is 11.8. The summed E-state index contributed by atoms with van der Waals surface area (Å²) in [5.41, 5.74) is 2.20. The minimum absolute atomic E-state index is 0.0755. The molecule has 0 fully saturated rings. The van der Waals surface area contributed by atoms with E-state index in [1.54, 1.807) is 44.5 Å². The highest BCUT2D eigenvalue weighted by Crippen LogP contribution is 2.39. The summed E-state index contributed by atoms with van der Waals surface area (Å²) in [7, 11) is 1.71. The van der Waals surface area contributed by atoms with Gasteiger partial charge in [0.15, 0.2) is 11.6 Å². The van der Waals surface area contributed by atoms with E-state index < -0.39 is 29.5 Å². The van der Waals surface area contributed by atoms with E-state index in [0.29, 0.717) is 36.7 Å². The second-order valence-corrected chi connectivity index (χ2v) is 11.9. The highest BCUT2D eigenvalue weighted by molar-refractivity contribution is 5.76. The predicted molar refractivity (Wildman–Crippen MR) is 159 cm³/mol. The molecule has 3 heterocycles. The van der Waals surface area contributed by atoms with E-state index in [-0.39, 0.29) is 30.6 Å². The maximum atomic E-state index is 14.3. The normalized spacial score (nSPS) is 16.0. The molecule has 1 aromatic heterocycles. The zero-order chi connectivity index (χ0) is 31.8. The van der Waals surface area contributed by atoms with Crippen molar-refractivity contribution in [1.82, 2.24) is 24.6 Å². The van der Waals surface area contributed by atoms with Crippen molar-refractivity contribution < 1.29 is 32.6 Å². The zero-order valence-corrected chi connectivity index (χ0v) is 25.0. The molecule has 0 saturated carbocycles. The summed E-state index contributed by atoms with van der Waals surface area (Å²) in [6.45, 7) is 6.46. The molecule has 44 heavy (non-hydrogen) atoms. The Morgan fingerprint density at radius 3 is 1.91 bits per heavy atom. The SMILES string of the molecule is Cn1c(-c2ccc(C3=CCN(C(=O)O)CC3)cc2)nnc1-c1ccc(C2=CCN(C(=O)OC(C)(C)C)CC2)c(C(F)(F)F)c1. The first-order valence-corrected chi connectivity index (χ1v) is 14.3. The molecule has 0 radical (unpaired) electrons. The number of halogens is 3. The van der Waals surface area contributed by atoms with Crippen LogP contribution in [0.4, 0.5) is 22.8 Å². The van der Waals surface area contributed by atoms with Crippen LogP contribution in [-0.2, 0) is 18.0 Å². The Balaban J connectivity index is 1.37. The van der Waals surface area contributed by atoms with Crippen molar-refractivity contribution in [2.75, 3.05) is 26.2 Å². The van der Waals surface area contributed by atoms with E-state index in [9.17, 15) is 22.8 Å². The van der Waals surface area contributed by atoms with Gasteiger partial charge in [0, 0.05) is 44.4 Å². The third kappa shape index (κ3) is 6.63. The molecule has 2 amide bonds. The van der Waals surface area contributed by atoms with Gasteiger partial charge >= 0.3 is 18.4 Å². The Morgan fingerprint density at radius 1 is 0.818 bits per heavy atom. The fourth-order valence-corrected chi connectivity index (χ4v) is 5.37. The van der Waals surface area contributed by atoms with Crippen molar-refractivity contribution in [3.63, 3.8) is 0 Å². The molecular formula is C32H34F3N5O4. The molecule has 9 nitrogen and oxygen atoms in total. The average molecular weight is 610 g/mol. The lowest BCUT2D eigenvalue weighted by Crippen LogP contribution is -2.39. The number of carbonyl (C=O) groups excluding carboxylic acids is 1. The van der Waals surface area contributed by atoms with Crippen LogP contribution >= 0.6 is 0 Å². The fraction of sp³-hybridized carbons (Fsp3) is 0.375. The third-order valence-electron chi connectivity index (χ3n) is 7.66. The maximum Gasteiger partial charge on any atom is 0.417 e. The van der Waals surface area contributed by atoms with Gasteiger partial charge in [0.05, 0.1) is 5.56 Å². The van der Waals surface area contributed by atoms with Crippen LogP contribution < -0.4 is 0 Å². The summed E-state index contributed by atoms with van der Waals surface area (Å²) in [6.07, 6.45) is -1.63. The molecule has 0 saturated heterocycles. The van der Waals surface area contributed by atoms with Gasteiger partial charge in [-0.3, -0.25) is 0 Å². The van der Waals surface area contributed by atoms with Crippen LogP contribution in [-0.4, -0.2) is 73.6 Å². The molecule has 2 aliphatic heterocycles. The number of carboxylic acid groups (broad SMARTS) is 1. The minimum Gasteiger partial charge on any atom is -0.465 e. The van der Waals surface area contributed by atoms with Gasteiger partial charge in [0.25, 0.3) is 0 Å². The molecule has 232 valence electrons. The summed E-state index contributed by atoms with van der Waals surface area (Å²) in [5, 5.41) is 17.7. The van der Waals surface area contributed by atoms with Crippen molar-refractivity contribution >= 4 is 23.3 Å². The van der Waals surface area contributed by atoms with Gasteiger partial charge < -0.3 is 24.2 Å². The van der Waals surface area contributed by atoms with Crippen LogP contribution in [0.3, 0.4) is 0 Å². The first-order chi connectivity index (χ1) is 20.7. The Labute approximate surface area is 253 Å². The Hall–Kier alpha value is -4.61. The summed E-state index contributed by atoms with van der Waals surface area (Å²) < 4.78 is 50.0. The lowest BCUT2D eigenvalue weighted by Gasteiger charge is -2.30. The highest BCUT2D eigenvalue weighted by atomic mass is 19.4. The maximum absolute atomic E-state index is 14.3. The van der Waals surface area contributed by atoms with Gasteiger partial charge in [-0.1, -0.05) is 48.6 Å². The molecule has 5 rings (SSSR count). The van der Waals surface area contributed by atoms with Crippen molar-refractivity contribution in [2.24, 2.45) is 7.05 Å². The number of ether oxygens (including phenoxy) is 1. The van der Waals surface area contributed by atoms with E-state index in [1.807, 2.05) is 30.3 Å². The number of rotatable bonds is 4. The molecule has 2 aliphatic rings. The molecule has 0 bridgehead atoms. The first-order valence-electron chi connectivity index (χ1n) is 14.3. The van der Waals surface area contributed by atoms with Crippen LogP contribution in [0.15, 0.2) is 54.6 Å². The molecule has 0 spiro atoms. The lowest BCUT2D eigenvalue weighted by molar-refractivity contribution is -0.137. The molecule has 3 aromatic rings. The van der Waals surface area contributed by atoms with Crippen LogP contribution in [0.5, 0.6) is 0 Å². The number of alkyl halides is 3. The average Bonchev–Trinajstić information content (AvgIpc) is 3.36. The minimum atomic E-state index is -4.61. The number of hydrogen-bond donors (Lipinski definition) is 1. The van der Waals surface area contributed by atoms with E-state index in [1.165, 1.54) is 15.9 Å². The Morgan fingerprint density at radius 2 is 1.36 bits per heavy atom. The second-order valence-electron chi connectivity index (χ2n) is 11.9. The van der Waals surface area contributed by atoms with Gasteiger partial charge in [-0.15, -0.1) is 10.2 Å². The number of carbonyl (C=O) groups is 2. The van der Waals surface area contributed by atoms with Crippen molar-refractivity contribution in [1.29, 1.82) is 0 Å². The summed E-state index contributed by atoms with van der Waals surface area (Å²) in [4.78, 5) is 26.4. The van der Waals surface area contributed by atoms with E-state index in [4.69, 9.17) is 9.84 Å². The zero-order valence-electron chi connectivity index (χ0n) is 25.0. The van der Waals surface area contributed by atoms with Crippen molar-refractivity contribution in [2.45, 2.75) is 45.4 Å². The van der Waals surface area contributed by atoms with Gasteiger partial charge in [0.2, 0.25) is 0 Å². The highest BCUT2D eigenvalue weighted by Gasteiger charge is 2.36. The van der Waals surface area contributed by atoms with E-state index in [2.05, 4.69) is 10.2 Å². The molecule has 0 atom stereocenters. The van der Waals surface area contributed by atoms with Crippen LogP contribution in [0.25, 0.3) is 33.9 Å². The monoisotopic (exact) mass is 609 g/mol. The van der Waals surface area contributed by atoms with Crippen LogP contribution in [0.2, 0.25) is 0 Å². The predicted octanol–water partition coefficient (Wildman–Crippen LogP) is 6.96. The topological polar surface area (TPSA) is 101 Å². The smallest absolute Gasteiger partial charge is 0.417 e. The summed E-state index contributed by atoms with van der Waals surface area (Å²) in [5.74, 6) is 0.787. The Bertz CT molecular complexity index is 1630. The van der Waals surface area contributed by atoms with Gasteiger partial charge in [-0.05, 0) is 62.0 Å². The number of nitrogens with zero attached hydrogens (tertiary/aromatic N) is 5. The van der Waals surface area contributed by atoms with Crippen LogP contribution in [0.1, 0.15) is 50.3 Å². The van der Waals surface area contributed by atoms with Crippen molar-refractivity contribution in [3.8, 4) is 22.8 Å². The molecule has 0 aliphatic carbocycles. The number of hydrogen-bond acceptors (Lipinski definition) is 5. The van der Waals surface area contributed by atoms with Crippen LogP contribution in [0, 0.1) is 0 Å². The van der Waals surface area contributed by atoms with E-state index >= 15 is 0 Å². The fourth-order valence-electron chi connectivity index (χ4n) is 5.37. The number of aromatic nitrogens is 3. The molecule has 12 heteroatoms. The van der Waals surface area contributed by atoms with Gasteiger partial charge in [0.1, 0.15) is 5.60 Å². The third-order valence-corrected chi connectivity index (χ3v) is 7.66. The lowest BCUT2D eigenvalue weighted by atomic mass is 9.93. The van der Waals surface area contributed by atoms with Gasteiger partial charge in [-0.25, -0.2) is 9.59 Å².